The molecule has 0 aliphatic heterocycles. The van der Waals surface area contributed by atoms with Crippen LogP contribution >= 0.6 is 11.6 Å². The molecule has 0 fully saturated rings. The van der Waals surface area contributed by atoms with E-state index in [2.05, 4.69) is 5.92 Å². The van der Waals surface area contributed by atoms with Crippen molar-refractivity contribution in [3.8, 4) is 18.1 Å². The number of carbonyl (C=O) groups is 1. The Labute approximate surface area is 111 Å². The third kappa shape index (κ3) is 3.86. The molecule has 1 aromatic rings. The molecule has 0 aromatic heterocycles. The minimum atomic E-state index is -0.877. The summed E-state index contributed by atoms with van der Waals surface area (Å²) in [6.45, 7) is 0.597. The van der Waals surface area contributed by atoms with Gasteiger partial charge in [0, 0.05) is 11.6 Å². The molecule has 0 atom stereocenters. The van der Waals surface area contributed by atoms with Crippen LogP contribution in [0, 0.1) is 12.3 Å². The lowest BCUT2D eigenvalue weighted by atomic mass is 10.2. The van der Waals surface area contributed by atoms with Crippen molar-refractivity contribution in [3.05, 3.63) is 23.2 Å². The van der Waals surface area contributed by atoms with E-state index < -0.39 is 5.97 Å². The van der Waals surface area contributed by atoms with Crippen molar-refractivity contribution >= 4 is 23.3 Å². The summed E-state index contributed by atoms with van der Waals surface area (Å²) in [5.74, 6) is 2.23. The molecular formula is C13H14ClNO3. The van der Waals surface area contributed by atoms with Crippen molar-refractivity contribution in [1.82, 2.24) is 0 Å². The van der Waals surface area contributed by atoms with Crippen molar-refractivity contribution in [2.75, 3.05) is 25.1 Å². The van der Waals surface area contributed by atoms with Crippen LogP contribution in [-0.2, 0) is 4.79 Å². The third-order valence-electron chi connectivity index (χ3n) is 2.36. The molecular weight excluding hydrogens is 254 g/mol. The quantitative estimate of drug-likeness (QED) is 0.804. The number of benzene rings is 1. The molecule has 0 amide bonds. The van der Waals surface area contributed by atoms with Gasteiger partial charge in [-0.25, -0.2) is 0 Å². The normalized spacial score (nSPS) is 9.61. The number of ether oxygens (including phenoxy) is 1. The van der Waals surface area contributed by atoms with Crippen molar-refractivity contribution in [2.45, 2.75) is 6.42 Å². The standard InChI is InChI=1S/C13H14ClNO3/c1-3-7-15(8-6-13(16)17)11-9-10(14)4-5-12(11)18-2/h1,4-5,9H,6-8H2,2H3,(H,16,17). The Hall–Kier alpha value is -1.86. The Morgan fingerprint density at radius 2 is 2.33 bits per heavy atom. The highest BCUT2D eigenvalue weighted by Gasteiger charge is 2.13. The SMILES string of the molecule is C#CCN(CCC(=O)O)c1cc(Cl)ccc1OC. The maximum absolute atomic E-state index is 10.6. The number of nitrogens with zero attached hydrogens (tertiary/aromatic N) is 1. The van der Waals surface area contributed by atoms with E-state index in [-0.39, 0.29) is 6.42 Å². The van der Waals surface area contributed by atoms with E-state index in [1.807, 2.05) is 0 Å². The number of aliphatic carboxylic acids is 1. The zero-order valence-electron chi connectivity index (χ0n) is 10.0. The van der Waals surface area contributed by atoms with Crippen LogP contribution < -0.4 is 9.64 Å². The van der Waals surface area contributed by atoms with Gasteiger partial charge in [0.15, 0.2) is 0 Å². The first-order valence-corrected chi connectivity index (χ1v) is 5.70. The van der Waals surface area contributed by atoms with Crippen LogP contribution in [0.3, 0.4) is 0 Å². The average molecular weight is 268 g/mol. The number of terminal acetylenes is 1. The first kappa shape index (κ1) is 14.2. The molecule has 0 heterocycles. The zero-order chi connectivity index (χ0) is 13.5. The van der Waals surface area contributed by atoms with Gasteiger partial charge in [0.1, 0.15) is 5.75 Å². The predicted molar refractivity (Wildman–Crippen MR) is 71.3 cm³/mol. The molecule has 0 aliphatic rings. The summed E-state index contributed by atoms with van der Waals surface area (Å²) in [7, 11) is 1.54. The molecule has 18 heavy (non-hydrogen) atoms. The molecule has 0 spiro atoms. The van der Waals surface area contributed by atoms with Crippen LogP contribution in [0.5, 0.6) is 5.75 Å². The van der Waals surface area contributed by atoms with Crippen LogP contribution in [0.1, 0.15) is 6.42 Å². The summed E-state index contributed by atoms with van der Waals surface area (Å²) >= 11 is 5.93. The molecule has 0 bridgehead atoms. The highest BCUT2D eigenvalue weighted by molar-refractivity contribution is 6.30. The van der Waals surface area contributed by atoms with Gasteiger partial charge < -0.3 is 14.7 Å². The maximum atomic E-state index is 10.6. The number of methoxy groups -OCH3 is 1. The third-order valence-corrected chi connectivity index (χ3v) is 2.59. The number of rotatable bonds is 6. The van der Waals surface area contributed by atoms with Gasteiger partial charge in [0.05, 0.1) is 25.8 Å². The maximum Gasteiger partial charge on any atom is 0.305 e. The lowest BCUT2D eigenvalue weighted by molar-refractivity contribution is -0.136. The molecule has 0 aliphatic carbocycles. The van der Waals surface area contributed by atoms with Gasteiger partial charge >= 0.3 is 5.97 Å². The van der Waals surface area contributed by atoms with E-state index in [0.29, 0.717) is 29.5 Å². The smallest absolute Gasteiger partial charge is 0.305 e. The molecule has 0 saturated carbocycles. The summed E-state index contributed by atoms with van der Waals surface area (Å²) in [6.07, 6.45) is 5.29. The highest BCUT2D eigenvalue weighted by atomic mass is 35.5. The first-order chi connectivity index (χ1) is 8.58. The van der Waals surface area contributed by atoms with E-state index in [9.17, 15) is 4.79 Å². The Kier molecular flexibility index (Phi) is 5.34. The Balaban J connectivity index is 3.00. The van der Waals surface area contributed by atoms with E-state index in [4.69, 9.17) is 27.9 Å². The molecule has 0 unspecified atom stereocenters. The summed E-state index contributed by atoms with van der Waals surface area (Å²) < 4.78 is 5.22. The van der Waals surface area contributed by atoms with Crippen LogP contribution in [0.2, 0.25) is 5.02 Å². The second-order valence-corrected chi connectivity index (χ2v) is 4.02. The van der Waals surface area contributed by atoms with Gasteiger partial charge in [0.2, 0.25) is 0 Å². The van der Waals surface area contributed by atoms with Crippen LogP contribution in [-0.4, -0.2) is 31.3 Å². The van der Waals surface area contributed by atoms with Gasteiger partial charge in [-0.05, 0) is 18.2 Å². The Morgan fingerprint density at radius 3 is 2.89 bits per heavy atom. The van der Waals surface area contributed by atoms with Gasteiger partial charge in [0.25, 0.3) is 0 Å². The molecule has 5 heteroatoms. The average Bonchev–Trinajstić information content (AvgIpc) is 2.34. The highest BCUT2D eigenvalue weighted by Crippen LogP contribution is 2.31. The topological polar surface area (TPSA) is 49.8 Å². The molecule has 1 aromatic carbocycles. The molecule has 1 N–H and O–H groups in total. The van der Waals surface area contributed by atoms with E-state index >= 15 is 0 Å². The zero-order valence-corrected chi connectivity index (χ0v) is 10.8. The minimum absolute atomic E-state index is 0.00263. The number of hydrogen-bond donors (Lipinski definition) is 1. The lowest BCUT2D eigenvalue weighted by Gasteiger charge is -2.23. The van der Waals surface area contributed by atoms with Crippen LogP contribution in [0.4, 0.5) is 5.69 Å². The summed E-state index contributed by atoms with van der Waals surface area (Å²) in [5.41, 5.74) is 0.698. The molecule has 4 nitrogen and oxygen atoms in total. The fourth-order valence-corrected chi connectivity index (χ4v) is 1.70. The fourth-order valence-electron chi connectivity index (χ4n) is 1.54. The van der Waals surface area contributed by atoms with Crippen LogP contribution in [0.25, 0.3) is 0 Å². The first-order valence-electron chi connectivity index (χ1n) is 5.32. The fraction of sp³-hybridized carbons (Fsp3) is 0.308. The van der Waals surface area contributed by atoms with Crippen molar-refractivity contribution in [2.24, 2.45) is 0 Å². The summed E-state index contributed by atoms with van der Waals surface area (Å²) in [6, 6.07) is 5.14. The molecule has 0 saturated heterocycles. The minimum Gasteiger partial charge on any atom is -0.495 e. The van der Waals surface area contributed by atoms with Crippen LogP contribution in [0.15, 0.2) is 18.2 Å². The van der Waals surface area contributed by atoms with Crippen molar-refractivity contribution in [3.63, 3.8) is 0 Å². The number of anilines is 1. The van der Waals surface area contributed by atoms with Gasteiger partial charge in [-0.3, -0.25) is 4.79 Å². The number of halogens is 1. The van der Waals surface area contributed by atoms with Crippen molar-refractivity contribution in [1.29, 1.82) is 0 Å². The molecule has 96 valence electrons. The Morgan fingerprint density at radius 1 is 1.61 bits per heavy atom. The van der Waals surface area contributed by atoms with Gasteiger partial charge in [-0.2, -0.15) is 0 Å². The monoisotopic (exact) mass is 267 g/mol. The van der Waals surface area contributed by atoms with E-state index in [0.717, 1.165) is 0 Å². The molecule has 0 radical (unpaired) electrons. The second kappa shape index (κ2) is 6.77. The Bertz CT molecular complexity index is 468. The lowest BCUT2D eigenvalue weighted by Crippen LogP contribution is -2.27. The number of hydrogen-bond acceptors (Lipinski definition) is 3. The van der Waals surface area contributed by atoms with Gasteiger partial charge in [-0.15, -0.1) is 6.42 Å². The summed E-state index contributed by atoms with van der Waals surface area (Å²) in [5, 5.41) is 9.27. The van der Waals surface area contributed by atoms with Crippen molar-refractivity contribution < 1.29 is 14.6 Å². The van der Waals surface area contributed by atoms with E-state index in [1.54, 1.807) is 23.1 Å². The predicted octanol–water partition coefficient (Wildman–Crippen LogP) is 2.26. The largest absolute Gasteiger partial charge is 0.495 e. The van der Waals surface area contributed by atoms with E-state index in [1.165, 1.54) is 7.11 Å². The molecule has 1 rings (SSSR count). The number of carboxylic acid groups (broad SMARTS) is 1. The number of carboxylic acids is 1. The second-order valence-electron chi connectivity index (χ2n) is 3.59. The summed E-state index contributed by atoms with van der Waals surface area (Å²) in [4.78, 5) is 12.4. The van der Waals surface area contributed by atoms with Gasteiger partial charge in [-0.1, -0.05) is 17.5 Å².